The zero-order valence-electron chi connectivity index (χ0n) is 12.7. The second-order valence-corrected chi connectivity index (χ2v) is 5.66. The van der Waals surface area contributed by atoms with E-state index in [2.05, 4.69) is 22.5 Å². The molecule has 0 spiro atoms. The lowest BCUT2D eigenvalue weighted by Gasteiger charge is -2.15. The van der Waals surface area contributed by atoms with E-state index in [1.54, 1.807) is 0 Å². The highest BCUT2D eigenvalue weighted by atomic mass is 127. The average Bonchev–Trinajstić information content (AvgIpc) is 3.22. The van der Waals surface area contributed by atoms with Crippen molar-refractivity contribution >= 4 is 29.9 Å². The van der Waals surface area contributed by atoms with E-state index in [1.165, 1.54) is 51.4 Å². The molecule has 0 heterocycles. The maximum Gasteiger partial charge on any atom is 0.191 e. The molecule has 0 aromatic rings. The van der Waals surface area contributed by atoms with Gasteiger partial charge in [-0.3, -0.25) is 4.99 Å². The Labute approximate surface area is 140 Å². The third-order valence-corrected chi connectivity index (χ3v) is 3.78. The van der Waals surface area contributed by atoms with Gasteiger partial charge in [0.05, 0.1) is 19.3 Å². The van der Waals surface area contributed by atoms with Crippen LogP contribution in [0.2, 0.25) is 0 Å². The van der Waals surface area contributed by atoms with Gasteiger partial charge in [0, 0.05) is 12.6 Å². The zero-order valence-corrected chi connectivity index (χ0v) is 15.0. The lowest BCUT2D eigenvalue weighted by Crippen LogP contribution is -2.38. The molecule has 0 aliphatic heterocycles. The van der Waals surface area contributed by atoms with Gasteiger partial charge in [0.15, 0.2) is 5.96 Å². The minimum absolute atomic E-state index is 0. The molecule has 0 atom stereocenters. The van der Waals surface area contributed by atoms with Crippen molar-refractivity contribution in [1.82, 2.24) is 10.6 Å². The Morgan fingerprint density at radius 3 is 2.40 bits per heavy atom. The maximum absolute atomic E-state index is 5.95. The predicted octanol–water partition coefficient (Wildman–Crippen LogP) is 3.06. The first-order valence-electron chi connectivity index (χ1n) is 8.05. The summed E-state index contributed by atoms with van der Waals surface area (Å²) < 4.78 is 5.95. The molecular formula is C15H30IN3O. The largest absolute Gasteiger partial charge is 0.376 e. The van der Waals surface area contributed by atoms with Gasteiger partial charge in [0.25, 0.3) is 0 Å². The molecule has 0 radical (unpaired) electrons. The monoisotopic (exact) mass is 395 g/mol. The van der Waals surface area contributed by atoms with Gasteiger partial charge in [0.2, 0.25) is 0 Å². The Hall–Kier alpha value is -0.0400. The smallest absolute Gasteiger partial charge is 0.191 e. The summed E-state index contributed by atoms with van der Waals surface area (Å²) in [4.78, 5) is 4.57. The standard InChI is InChI=1S/C15H29N3O.HI/c1-2-16-15(18-13-9-10-13)17-11-12-19-14-7-5-3-4-6-8-14;/h13-14H,2-12H2,1H3,(H2,16,17,18);1H. The van der Waals surface area contributed by atoms with Gasteiger partial charge in [-0.1, -0.05) is 25.7 Å². The molecule has 0 amide bonds. The van der Waals surface area contributed by atoms with E-state index in [4.69, 9.17) is 4.74 Å². The number of ether oxygens (including phenoxy) is 1. The summed E-state index contributed by atoms with van der Waals surface area (Å²) >= 11 is 0. The predicted molar refractivity (Wildman–Crippen MR) is 95.0 cm³/mol. The Bertz CT molecular complexity index is 274. The second-order valence-electron chi connectivity index (χ2n) is 5.66. The summed E-state index contributed by atoms with van der Waals surface area (Å²) in [5.74, 6) is 0.953. The van der Waals surface area contributed by atoms with Crippen molar-refractivity contribution in [2.75, 3.05) is 19.7 Å². The number of guanidine groups is 1. The van der Waals surface area contributed by atoms with Crippen LogP contribution < -0.4 is 10.6 Å². The van der Waals surface area contributed by atoms with E-state index in [0.717, 1.165) is 25.7 Å². The molecule has 0 aromatic carbocycles. The van der Waals surface area contributed by atoms with Crippen molar-refractivity contribution < 1.29 is 4.74 Å². The van der Waals surface area contributed by atoms with Crippen LogP contribution in [-0.4, -0.2) is 37.8 Å². The Balaban J connectivity index is 0.00000200. The zero-order chi connectivity index (χ0) is 13.3. The third-order valence-electron chi connectivity index (χ3n) is 3.78. The molecular weight excluding hydrogens is 365 g/mol. The van der Waals surface area contributed by atoms with Crippen molar-refractivity contribution in [1.29, 1.82) is 0 Å². The van der Waals surface area contributed by atoms with Crippen LogP contribution in [0.3, 0.4) is 0 Å². The molecule has 0 bridgehead atoms. The minimum Gasteiger partial charge on any atom is -0.376 e. The van der Waals surface area contributed by atoms with Crippen LogP contribution in [0.4, 0.5) is 0 Å². The lowest BCUT2D eigenvalue weighted by molar-refractivity contribution is 0.0487. The van der Waals surface area contributed by atoms with E-state index in [0.29, 0.717) is 12.1 Å². The first kappa shape index (κ1) is 18.0. The summed E-state index contributed by atoms with van der Waals surface area (Å²) in [6, 6.07) is 0.653. The number of hydrogen-bond acceptors (Lipinski definition) is 2. The van der Waals surface area contributed by atoms with Gasteiger partial charge in [-0.05, 0) is 32.6 Å². The summed E-state index contributed by atoms with van der Waals surface area (Å²) in [6.07, 6.45) is 11.0. The van der Waals surface area contributed by atoms with Gasteiger partial charge >= 0.3 is 0 Å². The Morgan fingerprint density at radius 2 is 1.80 bits per heavy atom. The SMILES string of the molecule is CCNC(=NCCOC1CCCCCC1)NC1CC1.I. The molecule has 2 rings (SSSR count). The van der Waals surface area contributed by atoms with Gasteiger partial charge < -0.3 is 15.4 Å². The van der Waals surface area contributed by atoms with Crippen molar-refractivity contribution in [3.63, 3.8) is 0 Å². The highest BCUT2D eigenvalue weighted by Gasteiger charge is 2.22. The van der Waals surface area contributed by atoms with Crippen LogP contribution in [0.15, 0.2) is 4.99 Å². The normalized spacial score (nSPS) is 20.9. The van der Waals surface area contributed by atoms with Gasteiger partial charge in [0.1, 0.15) is 0 Å². The molecule has 0 saturated heterocycles. The van der Waals surface area contributed by atoms with Crippen LogP contribution in [0, 0.1) is 0 Å². The summed E-state index contributed by atoms with van der Waals surface area (Å²) in [5.41, 5.74) is 0. The molecule has 118 valence electrons. The summed E-state index contributed by atoms with van der Waals surface area (Å²) in [7, 11) is 0. The molecule has 2 aliphatic carbocycles. The fraction of sp³-hybridized carbons (Fsp3) is 0.933. The first-order chi connectivity index (χ1) is 9.38. The minimum atomic E-state index is 0. The van der Waals surface area contributed by atoms with Crippen LogP contribution in [0.5, 0.6) is 0 Å². The van der Waals surface area contributed by atoms with Crippen LogP contribution >= 0.6 is 24.0 Å². The molecule has 2 aliphatic rings. The summed E-state index contributed by atoms with van der Waals surface area (Å²) in [5, 5.41) is 6.71. The fourth-order valence-corrected chi connectivity index (χ4v) is 2.53. The van der Waals surface area contributed by atoms with Crippen LogP contribution in [0.25, 0.3) is 0 Å². The van der Waals surface area contributed by atoms with Crippen molar-refractivity contribution in [3.05, 3.63) is 0 Å². The van der Waals surface area contributed by atoms with Crippen molar-refractivity contribution in [2.24, 2.45) is 4.99 Å². The van der Waals surface area contributed by atoms with E-state index in [1.807, 2.05) is 0 Å². The van der Waals surface area contributed by atoms with Crippen LogP contribution in [0.1, 0.15) is 58.3 Å². The number of aliphatic imine (C=N–C) groups is 1. The number of nitrogens with one attached hydrogen (secondary N) is 2. The second kappa shape index (κ2) is 10.7. The van der Waals surface area contributed by atoms with Gasteiger partial charge in [-0.15, -0.1) is 24.0 Å². The average molecular weight is 395 g/mol. The fourth-order valence-electron chi connectivity index (χ4n) is 2.53. The highest BCUT2D eigenvalue weighted by Crippen LogP contribution is 2.19. The molecule has 5 heteroatoms. The molecule has 2 N–H and O–H groups in total. The van der Waals surface area contributed by atoms with E-state index in [-0.39, 0.29) is 24.0 Å². The van der Waals surface area contributed by atoms with E-state index >= 15 is 0 Å². The molecule has 0 aromatic heterocycles. The van der Waals surface area contributed by atoms with E-state index in [9.17, 15) is 0 Å². The maximum atomic E-state index is 5.95. The Kier molecular flexibility index (Phi) is 9.59. The Morgan fingerprint density at radius 1 is 1.10 bits per heavy atom. The van der Waals surface area contributed by atoms with Gasteiger partial charge in [-0.25, -0.2) is 0 Å². The number of halogens is 1. The molecule has 20 heavy (non-hydrogen) atoms. The summed E-state index contributed by atoms with van der Waals surface area (Å²) in [6.45, 7) is 4.54. The third kappa shape index (κ3) is 7.67. The molecule has 2 saturated carbocycles. The number of rotatable bonds is 6. The first-order valence-corrected chi connectivity index (χ1v) is 8.05. The van der Waals surface area contributed by atoms with E-state index < -0.39 is 0 Å². The van der Waals surface area contributed by atoms with Crippen molar-refractivity contribution in [2.45, 2.75) is 70.4 Å². The van der Waals surface area contributed by atoms with Crippen LogP contribution in [-0.2, 0) is 4.74 Å². The highest BCUT2D eigenvalue weighted by molar-refractivity contribution is 14.0. The lowest BCUT2D eigenvalue weighted by atomic mass is 10.1. The number of nitrogens with zero attached hydrogens (tertiary/aromatic N) is 1. The molecule has 4 nitrogen and oxygen atoms in total. The van der Waals surface area contributed by atoms with Crippen molar-refractivity contribution in [3.8, 4) is 0 Å². The molecule has 2 fully saturated rings. The number of hydrogen-bond donors (Lipinski definition) is 2. The van der Waals surface area contributed by atoms with Gasteiger partial charge in [-0.2, -0.15) is 0 Å². The quantitative estimate of drug-likeness (QED) is 0.239. The topological polar surface area (TPSA) is 45.7 Å². The molecule has 0 unspecified atom stereocenters.